The molecule has 0 aliphatic carbocycles. The second-order valence-electron chi connectivity index (χ2n) is 14.2. The van der Waals surface area contributed by atoms with E-state index in [1.807, 2.05) is 48.5 Å². The molecule has 0 bridgehead atoms. The highest BCUT2D eigenvalue weighted by Crippen LogP contribution is 2.32. The first-order valence-electron chi connectivity index (χ1n) is 19.6. The number of aromatic nitrogens is 2. The SMILES string of the molecule is CC(=O)c1c(-c2ccccc2)c2cc(F)ccc2[nH]c1=O.CC(=O)c1c(-c2ccccc2)c2cc(F)ccc2n(CCN2CCOCC2)c1=O.Cl.ClCCN1CCOCC1. The van der Waals surface area contributed by atoms with Crippen LogP contribution in [0.25, 0.3) is 44.1 Å². The molecule has 10 nitrogen and oxygen atoms in total. The molecule has 2 saturated heterocycles. The Morgan fingerprint density at radius 3 is 1.65 bits per heavy atom. The number of morpholine rings is 2. The first kappa shape index (κ1) is 46.0. The van der Waals surface area contributed by atoms with Crippen molar-refractivity contribution >= 4 is 57.4 Å². The average molecular weight is 862 g/mol. The number of ether oxygens (including phenoxy) is 2. The smallest absolute Gasteiger partial charge is 0.262 e. The van der Waals surface area contributed by atoms with Crippen LogP contribution in [0.5, 0.6) is 0 Å². The zero-order valence-electron chi connectivity index (χ0n) is 33.6. The number of alkyl halides is 1. The lowest BCUT2D eigenvalue weighted by atomic mass is 9.94. The van der Waals surface area contributed by atoms with Crippen LogP contribution in [-0.2, 0) is 16.0 Å². The molecule has 4 heterocycles. The third-order valence-corrected chi connectivity index (χ3v) is 10.5. The van der Waals surface area contributed by atoms with E-state index in [-0.39, 0.29) is 40.7 Å². The van der Waals surface area contributed by atoms with Crippen molar-refractivity contribution in [2.24, 2.45) is 0 Å². The maximum atomic E-state index is 14.2. The minimum absolute atomic E-state index is 0. The maximum absolute atomic E-state index is 14.2. The second-order valence-corrected chi connectivity index (χ2v) is 14.6. The van der Waals surface area contributed by atoms with Crippen molar-refractivity contribution in [3.8, 4) is 22.3 Å². The molecule has 6 aromatic rings. The van der Waals surface area contributed by atoms with Crippen molar-refractivity contribution in [3.05, 3.63) is 141 Å². The number of H-pyrrole nitrogens is 1. The fraction of sp³-hybridized carbons (Fsp3) is 0.304. The van der Waals surface area contributed by atoms with Crippen molar-refractivity contribution in [2.45, 2.75) is 20.4 Å². The van der Waals surface area contributed by atoms with Crippen molar-refractivity contribution < 1.29 is 27.8 Å². The molecule has 0 atom stereocenters. The summed E-state index contributed by atoms with van der Waals surface area (Å²) in [6, 6.07) is 26.8. The number of fused-ring (bicyclic) bond motifs is 2. The van der Waals surface area contributed by atoms with Gasteiger partial charge < -0.3 is 19.0 Å². The molecule has 8 rings (SSSR count). The van der Waals surface area contributed by atoms with Crippen LogP contribution in [0.1, 0.15) is 34.6 Å². The number of hydrogen-bond donors (Lipinski definition) is 1. The maximum Gasteiger partial charge on any atom is 0.262 e. The number of aromatic amines is 1. The molecular weight excluding hydrogens is 813 g/mol. The zero-order valence-corrected chi connectivity index (χ0v) is 35.1. The lowest BCUT2D eigenvalue weighted by Gasteiger charge is -2.27. The molecule has 14 heteroatoms. The van der Waals surface area contributed by atoms with Gasteiger partial charge in [-0.1, -0.05) is 60.7 Å². The summed E-state index contributed by atoms with van der Waals surface area (Å²) in [5.74, 6) is -0.745. The van der Waals surface area contributed by atoms with Crippen molar-refractivity contribution in [2.75, 3.05) is 71.6 Å². The van der Waals surface area contributed by atoms with Gasteiger partial charge in [0.1, 0.15) is 11.6 Å². The average Bonchev–Trinajstić information content (AvgIpc) is 3.24. The minimum Gasteiger partial charge on any atom is -0.379 e. The Morgan fingerprint density at radius 1 is 0.650 bits per heavy atom. The summed E-state index contributed by atoms with van der Waals surface area (Å²) in [7, 11) is 0. The van der Waals surface area contributed by atoms with E-state index in [1.54, 1.807) is 22.8 Å². The number of carbonyl (C=O) groups is 2. The summed E-state index contributed by atoms with van der Waals surface area (Å²) in [5.41, 5.74) is 2.93. The standard InChI is InChI=1S/C23H23FN2O3.C17H12FNO2.C6H12ClNO.ClH/c1-16(27)21-22(17-5-3-2-4-6-17)19-15-18(24)7-8-20(19)26(23(21)28)10-9-25-11-13-29-14-12-25;1-10(20)15-16(11-5-3-2-4-6-11)13-9-12(18)7-8-14(13)19-17(15)21;7-1-2-8-3-5-9-6-4-8;/h2-8,15H,9-14H2,1H3;2-9H,1H3,(H,19,21);1-6H2;1H. The number of Topliss-reactive ketones (excluding diaryl/α,β-unsaturated/α-hetero) is 2. The van der Waals surface area contributed by atoms with Crippen LogP contribution in [0.3, 0.4) is 0 Å². The molecule has 4 aromatic carbocycles. The number of pyridine rings is 2. The first-order chi connectivity index (χ1) is 28.6. The molecule has 2 aliphatic heterocycles. The van der Waals surface area contributed by atoms with E-state index < -0.39 is 17.2 Å². The van der Waals surface area contributed by atoms with Crippen LogP contribution in [0.4, 0.5) is 8.78 Å². The van der Waals surface area contributed by atoms with Crippen LogP contribution in [0.15, 0.2) is 107 Å². The summed E-state index contributed by atoms with van der Waals surface area (Å²) < 4.78 is 39.9. The van der Waals surface area contributed by atoms with Gasteiger partial charge >= 0.3 is 0 Å². The molecule has 0 amide bonds. The molecule has 0 saturated carbocycles. The van der Waals surface area contributed by atoms with Crippen LogP contribution in [-0.4, -0.2) is 102 Å². The fourth-order valence-electron chi connectivity index (χ4n) is 7.40. The highest BCUT2D eigenvalue weighted by atomic mass is 35.5. The van der Waals surface area contributed by atoms with E-state index in [0.29, 0.717) is 64.8 Å². The lowest BCUT2D eigenvalue weighted by Crippen LogP contribution is -2.39. The van der Waals surface area contributed by atoms with Crippen molar-refractivity contribution in [1.29, 1.82) is 0 Å². The van der Waals surface area contributed by atoms with Crippen molar-refractivity contribution in [1.82, 2.24) is 19.4 Å². The van der Waals surface area contributed by atoms with Crippen LogP contribution < -0.4 is 11.1 Å². The van der Waals surface area contributed by atoms with Gasteiger partial charge in [-0.15, -0.1) is 24.0 Å². The molecule has 0 spiro atoms. The van der Waals surface area contributed by atoms with E-state index >= 15 is 0 Å². The Kier molecular flexibility index (Phi) is 16.8. The third-order valence-electron chi connectivity index (χ3n) is 10.3. The Bertz CT molecular complexity index is 2520. The Hall–Kier alpha value is -5.08. The Balaban J connectivity index is 0.000000192. The molecule has 2 aromatic heterocycles. The number of nitrogens with one attached hydrogen (secondary N) is 1. The predicted octanol–water partition coefficient (Wildman–Crippen LogP) is 7.86. The van der Waals surface area contributed by atoms with Crippen LogP contribution in [0.2, 0.25) is 0 Å². The highest BCUT2D eigenvalue weighted by molar-refractivity contribution is 6.18. The van der Waals surface area contributed by atoms with E-state index in [9.17, 15) is 28.0 Å². The van der Waals surface area contributed by atoms with E-state index in [4.69, 9.17) is 21.1 Å². The third kappa shape index (κ3) is 11.2. The number of rotatable bonds is 9. The molecule has 2 aliphatic rings. The van der Waals surface area contributed by atoms with Gasteiger partial charge in [0.05, 0.1) is 43.1 Å². The largest absolute Gasteiger partial charge is 0.379 e. The van der Waals surface area contributed by atoms with Gasteiger partial charge in [0.2, 0.25) is 0 Å². The quantitative estimate of drug-likeness (QED) is 0.116. The topological polar surface area (TPSA) is 114 Å². The molecule has 0 radical (unpaired) electrons. The summed E-state index contributed by atoms with van der Waals surface area (Å²) in [4.78, 5) is 57.1. The Morgan fingerprint density at radius 2 is 1.13 bits per heavy atom. The number of benzene rings is 4. The Labute approximate surface area is 358 Å². The number of hydrogen-bond acceptors (Lipinski definition) is 8. The van der Waals surface area contributed by atoms with E-state index in [0.717, 1.165) is 57.4 Å². The van der Waals surface area contributed by atoms with Gasteiger partial charge in [-0.05, 0) is 61.4 Å². The lowest BCUT2D eigenvalue weighted by molar-refractivity contribution is 0.0364. The first-order valence-corrected chi connectivity index (χ1v) is 20.1. The van der Waals surface area contributed by atoms with Gasteiger partial charge in [0.25, 0.3) is 11.1 Å². The normalized spacial score (nSPS) is 14.3. The molecule has 0 unspecified atom stereocenters. The summed E-state index contributed by atoms with van der Waals surface area (Å²) >= 11 is 5.55. The van der Waals surface area contributed by atoms with Gasteiger partial charge in [0.15, 0.2) is 11.6 Å². The minimum atomic E-state index is -0.458. The van der Waals surface area contributed by atoms with Gasteiger partial charge in [0, 0.05) is 79.1 Å². The molecule has 2 fully saturated rings. The highest BCUT2D eigenvalue weighted by Gasteiger charge is 2.23. The number of ketones is 2. The monoisotopic (exact) mass is 860 g/mol. The summed E-state index contributed by atoms with van der Waals surface area (Å²) in [5, 5.41) is 1.09. The summed E-state index contributed by atoms with van der Waals surface area (Å²) in [6.45, 7) is 11.6. The van der Waals surface area contributed by atoms with Gasteiger partial charge in [-0.2, -0.15) is 0 Å². The van der Waals surface area contributed by atoms with Crippen LogP contribution >= 0.6 is 24.0 Å². The van der Waals surface area contributed by atoms with Gasteiger partial charge in [-0.25, -0.2) is 8.78 Å². The number of halogens is 4. The molecular formula is C46H48Cl2F2N4O6. The predicted molar refractivity (Wildman–Crippen MR) is 236 cm³/mol. The van der Waals surface area contributed by atoms with Crippen LogP contribution in [0, 0.1) is 11.6 Å². The number of nitrogens with zero attached hydrogens (tertiary/aromatic N) is 3. The summed E-state index contributed by atoms with van der Waals surface area (Å²) in [6.07, 6.45) is 0. The molecule has 1 N–H and O–H groups in total. The van der Waals surface area contributed by atoms with E-state index in [1.165, 1.54) is 44.2 Å². The molecule has 316 valence electrons. The van der Waals surface area contributed by atoms with Gasteiger partial charge in [-0.3, -0.25) is 29.0 Å². The second kappa shape index (κ2) is 22.0. The van der Waals surface area contributed by atoms with Crippen molar-refractivity contribution in [3.63, 3.8) is 0 Å². The fourth-order valence-corrected chi connectivity index (χ4v) is 7.64. The zero-order chi connectivity index (χ0) is 41.9. The van der Waals surface area contributed by atoms with E-state index in [2.05, 4.69) is 14.8 Å². The number of carbonyl (C=O) groups excluding carboxylic acids is 2. The molecule has 60 heavy (non-hydrogen) atoms.